The number of methoxy groups -OCH3 is 2. The standard InChI is InChI=1S/C29H27N3O5/c1-18-25(31-15-8-7-11-23(31)30-18)27(33)24-26(20-12-13-21(36-2)22(17-20)37-3)32(29(35)28(24)34)16-14-19-9-5-4-6-10-19/h4-13,15,17,26,33H,14,16H2,1-3H3. The number of hydrogen-bond donors (Lipinski definition) is 1. The summed E-state index contributed by atoms with van der Waals surface area (Å²) >= 11 is 0. The molecule has 1 amide bonds. The van der Waals surface area contributed by atoms with Gasteiger partial charge < -0.3 is 19.5 Å². The van der Waals surface area contributed by atoms with E-state index in [0.29, 0.717) is 40.5 Å². The Kier molecular flexibility index (Phi) is 6.40. The van der Waals surface area contributed by atoms with Gasteiger partial charge in [-0.3, -0.25) is 14.0 Å². The SMILES string of the molecule is COc1ccc(C2C(=C(O)c3c(C)nc4ccccn34)C(=O)C(=O)N2CCc2ccccc2)cc1OC. The van der Waals surface area contributed by atoms with Crippen LogP contribution in [0.15, 0.2) is 78.5 Å². The Morgan fingerprint density at radius 2 is 1.70 bits per heavy atom. The lowest BCUT2D eigenvalue weighted by atomic mass is 9.95. The Bertz CT molecular complexity index is 1520. The third kappa shape index (κ3) is 4.20. The molecule has 2 aromatic carbocycles. The first-order valence-corrected chi connectivity index (χ1v) is 11.9. The molecule has 1 N–H and O–H groups in total. The van der Waals surface area contributed by atoms with Crippen molar-refractivity contribution in [3.8, 4) is 11.5 Å². The van der Waals surface area contributed by atoms with Crippen LogP contribution >= 0.6 is 0 Å². The Morgan fingerprint density at radius 3 is 2.43 bits per heavy atom. The molecule has 1 unspecified atom stereocenters. The maximum absolute atomic E-state index is 13.5. The first kappa shape index (κ1) is 24.1. The summed E-state index contributed by atoms with van der Waals surface area (Å²) in [6.45, 7) is 2.05. The van der Waals surface area contributed by atoms with E-state index < -0.39 is 17.7 Å². The van der Waals surface area contributed by atoms with E-state index in [1.54, 1.807) is 35.7 Å². The van der Waals surface area contributed by atoms with Gasteiger partial charge in [0, 0.05) is 12.7 Å². The molecule has 0 spiro atoms. The second kappa shape index (κ2) is 9.81. The van der Waals surface area contributed by atoms with Crippen LogP contribution in [0.4, 0.5) is 0 Å². The zero-order valence-electron chi connectivity index (χ0n) is 20.8. The minimum atomic E-state index is -0.822. The maximum atomic E-state index is 13.5. The lowest BCUT2D eigenvalue weighted by molar-refractivity contribution is -0.139. The van der Waals surface area contributed by atoms with E-state index in [4.69, 9.17) is 9.47 Å². The van der Waals surface area contributed by atoms with E-state index in [1.807, 2.05) is 48.5 Å². The van der Waals surface area contributed by atoms with Gasteiger partial charge in [-0.1, -0.05) is 42.5 Å². The molecule has 5 rings (SSSR count). The molecule has 8 heteroatoms. The number of benzene rings is 2. The first-order chi connectivity index (χ1) is 17.9. The van der Waals surface area contributed by atoms with E-state index in [0.717, 1.165) is 5.56 Å². The molecule has 188 valence electrons. The molecule has 1 aliphatic heterocycles. The number of aliphatic hydroxyl groups excluding tert-OH is 1. The van der Waals surface area contributed by atoms with Crippen LogP contribution in [0.25, 0.3) is 11.4 Å². The van der Waals surface area contributed by atoms with Crippen LogP contribution in [0, 0.1) is 6.92 Å². The summed E-state index contributed by atoms with van der Waals surface area (Å²) < 4.78 is 12.6. The zero-order valence-corrected chi connectivity index (χ0v) is 20.8. The van der Waals surface area contributed by atoms with Crippen molar-refractivity contribution in [3.05, 3.63) is 101 Å². The van der Waals surface area contributed by atoms with Crippen molar-refractivity contribution in [1.82, 2.24) is 14.3 Å². The predicted molar refractivity (Wildman–Crippen MR) is 139 cm³/mol. The largest absolute Gasteiger partial charge is 0.505 e. The van der Waals surface area contributed by atoms with Crippen molar-refractivity contribution in [2.24, 2.45) is 0 Å². The molecule has 1 fully saturated rings. The molecule has 4 aromatic rings. The van der Waals surface area contributed by atoms with Crippen molar-refractivity contribution in [1.29, 1.82) is 0 Å². The molecule has 0 aliphatic carbocycles. The summed E-state index contributed by atoms with van der Waals surface area (Å²) in [5.41, 5.74) is 3.22. The number of nitrogens with zero attached hydrogens (tertiary/aromatic N) is 3. The summed E-state index contributed by atoms with van der Waals surface area (Å²) in [5, 5.41) is 11.6. The second-order valence-corrected chi connectivity index (χ2v) is 8.82. The molecule has 1 aliphatic rings. The number of rotatable bonds is 7. The minimum absolute atomic E-state index is 0.0130. The van der Waals surface area contributed by atoms with Gasteiger partial charge in [-0.05, 0) is 48.7 Å². The molecule has 0 radical (unpaired) electrons. The van der Waals surface area contributed by atoms with Gasteiger partial charge in [-0.2, -0.15) is 0 Å². The van der Waals surface area contributed by atoms with Crippen LogP contribution in [0.5, 0.6) is 11.5 Å². The molecule has 37 heavy (non-hydrogen) atoms. The Hall–Kier alpha value is -4.59. The molecule has 2 aromatic heterocycles. The fourth-order valence-electron chi connectivity index (χ4n) is 4.90. The van der Waals surface area contributed by atoms with E-state index in [-0.39, 0.29) is 17.9 Å². The lowest BCUT2D eigenvalue weighted by Crippen LogP contribution is -2.31. The highest BCUT2D eigenvalue weighted by atomic mass is 16.5. The lowest BCUT2D eigenvalue weighted by Gasteiger charge is -2.26. The number of carbonyl (C=O) groups excluding carboxylic acids is 2. The van der Waals surface area contributed by atoms with Gasteiger partial charge >= 0.3 is 0 Å². The molecule has 3 heterocycles. The number of pyridine rings is 1. The van der Waals surface area contributed by atoms with Gasteiger partial charge in [0.25, 0.3) is 11.7 Å². The van der Waals surface area contributed by atoms with Gasteiger partial charge in [0.15, 0.2) is 17.3 Å². The number of aliphatic hydroxyl groups is 1. The van der Waals surface area contributed by atoms with Gasteiger partial charge in [0.2, 0.25) is 0 Å². The van der Waals surface area contributed by atoms with Crippen LogP contribution in [0.2, 0.25) is 0 Å². The third-order valence-electron chi connectivity index (χ3n) is 6.68. The van der Waals surface area contributed by atoms with Crippen LogP contribution < -0.4 is 9.47 Å². The van der Waals surface area contributed by atoms with Crippen molar-refractivity contribution >= 4 is 23.1 Å². The van der Waals surface area contributed by atoms with Gasteiger partial charge in [0.05, 0.1) is 31.5 Å². The molecular formula is C29H27N3O5. The molecule has 8 nitrogen and oxygen atoms in total. The van der Waals surface area contributed by atoms with Gasteiger partial charge in [-0.15, -0.1) is 0 Å². The highest BCUT2D eigenvalue weighted by Crippen LogP contribution is 2.42. The monoisotopic (exact) mass is 497 g/mol. The average Bonchev–Trinajstić information content (AvgIpc) is 3.39. The number of hydrogen-bond acceptors (Lipinski definition) is 6. The molecular weight excluding hydrogens is 470 g/mol. The Balaban J connectivity index is 1.68. The number of Topliss-reactive ketones (excluding diaryl/α,β-unsaturated/α-hetero) is 1. The second-order valence-electron chi connectivity index (χ2n) is 8.82. The number of likely N-dealkylation sites (tertiary alicyclic amines) is 1. The number of ketones is 1. The Morgan fingerprint density at radius 1 is 0.973 bits per heavy atom. The van der Waals surface area contributed by atoms with Crippen LogP contribution in [-0.4, -0.2) is 51.8 Å². The molecule has 1 atom stereocenters. The van der Waals surface area contributed by atoms with Crippen molar-refractivity contribution in [3.63, 3.8) is 0 Å². The average molecular weight is 498 g/mol. The van der Waals surface area contributed by atoms with Gasteiger partial charge in [0.1, 0.15) is 11.3 Å². The number of aryl methyl sites for hydroxylation is 1. The number of imidazole rings is 1. The number of ether oxygens (including phenoxy) is 2. The summed E-state index contributed by atoms with van der Waals surface area (Å²) in [7, 11) is 3.06. The van der Waals surface area contributed by atoms with Crippen LogP contribution in [-0.2, 0) is 16.0 Å². The maximum Gasteiger partial charge on any atom is 0.295 e. The highest BCUT2D eigenvalue weighted by molar-refractivity contribution is 6.46. The smallest absolute Gasteiger partial charge is 0.295 e. The normalized spacial score (nSPS) is 16.9. The Labute approximate surface area is 214 Å². The van der Waals surface area contributed by atoms with Crippen molar-refractivity contribution in [2.75, 3.05) is 20.8 Å². The summed E-state index contributed by atoms with van der Waals surface area (Å²) in [6.07, 6.45) is 2.31. The van der Waals surface area contributed by atoms with Crippen molar-refractivity contribution < 1.29 is 24.2 Å². The number of fused-ring (bicyclic) bond motifs is 1. The number of aromatic nitrogens is 2. The highest BCUT2D eigenvalue weighted by Gasteiger charge is 2.46. The summed E-state index contributed by atoms with van der Waals surface area (Å²) in [4.78, 5) is 32.9. The molecule has 0 bridgehead atoms. The number of amides is 1. The van der Waals surface area contributed by atoms with Gasteiger partial charge in [-0.25, -0.2) is 4.98 Å². The summed E-state index contributed by atoms with van der Waals surface area (Å²) in [6, 6.07) is 19.6. The predicted octanol–water partition coefficient (Wildman–Crippen LogP) is 4.32. The topological polar surface area (TPSA) is 93.4 Å². The van der Waals surface area contributed by atoms with E-state index in [9.17, 15) is 14.7 Å². The molecule has 1 saturated heterocycles. The zero-order chi connectivity index (χ0) is 26.1. The van der Waals surface area contributed by atoms with E-state index in [2.05, 4.69) is 4.98 Å². The summed E-state index contributed by atoms with van der Waals surface area (Å²) in [5.74, 6) is -0.694. The minimum Gasteiger partial charge on any atom is -0.505 e. The van der Waals surface area contributed by atoms with Crippen LogP contribution in [0.3, 0.4) is 0 Å². The quantitative estimate of drug-likeness (QED) is 0.232. The van der Waals surface area contributed by atoms with Crippen LogP contribution in [0.1, 0.15) is 28.6 Å². The fourth-order valence-corrected chi connectivity index (χ4v) is 4.90. The first-order valence-electron chi connectivity index (χ1n) is 11.9. The fraction of sp³-hybridized carbons (Fsp3) is 0.207. The molecule has 0 saturated carbocycles. The van der Waals surface area contributed by atoms with Crippen molar-refractivity contribution in [2.45, 2.75) is 19.4 Å². The third-order valence-corrected chi connectivity index (χ3v) is 6.68. The van der Waals surface area contributed by atoms with E-state index in [1.165, 1.54) is 19.1 Å². The van der Waals surface area contributed by atoms with E-state index >= 15 is 0 Å². The number of carbonyl (C=O) groups is 2.